The first-order valence-corrected chi connectivity index (χ1v) is 8.47. The molecule has 3 aromatic rings. The third-order valence-corrected chi connectivity index (χ3v) is 5.17. The Labute approximate surface area is 137 Å². The van der Waals surface area contributed by atoms with Gasteiger partial charge in [0.05, 0.1) is 6.67 Å². The number of halogens is 2. The molecule has 112 valence electrons. The van der Waals surface area contributed by atoms with E-state index in [-0.39, 0.29) is 6.67 Å². The minimum Gasteiger partial charge on any atom is -0.340 e. The van der Waals surface area contributed by atoms with Crippen molar-refractivity contribution >= 4 is 43.3 Å². The summed E-state index contributed by atoms with van der Waals surface area (Å²) in [6, 6.07) is 10.7. The van der Waals surface area contributed by atoms with Gasteiger partial charge in [-0.3, -0.25) is 4.39 Å². The third-order valence-electron chi connectivity index (χ3n) is 4.67. The highest BCUT2D eigenvalue weighted by Gasteiger charge is 2.21. The lowest BCUT2D eigenvalue weighted by Crippen LogP contribution is -1.98. The van der Waals surface area contributed by atoms with E-state index in [4.69, 9.17) is 0 Å². The zero-order chi connectivity index (χ0) is 15.3. The molecule has 0 atom stereocenters. The second kappa shape index (κ2) is 5.24. The highest BCUT2D eigenvalue weighted by Crippen LogP contribution is 2.41. The largest absolute Gasteiger partial charge is 0.340 e. The molecule has 0 N–H and O–H groups in total. The molecule has 2 aromatic carbocycles. The van der Waals surface area contributed by atoms with Gasteiger partial charge >= 0.3 is 0 Å². The van der Waals surface area contributed by atoms with E-state index in [0.717, 1.165) is 23.9 Å². The lowest BCUT2D eigenvalue weighted by atomic mass is 10.0. The molecular formula is C19H17BrFN. The fourth-order valence-corrected chi connectivity index (χ4v) is 4.06. The van der Waals surface area contributed by atoms with Crippen molar-refractivity contribution in [3.63, 3.8) is 0 Å². The number of allylic oxidation sites excluding steroid dienone is 1. The topological polar surface area (TPSA) is 4.93 Å². The summed E-state index contributed by atoms with van der Waals surface area (Å²) in [5.41, 5.74) is 6.35. The summed E-state index contributed by atoms with van der Waals surface area (Å²) in [6.45, 7) is 4.63. The normalized spacial score (nSPS) is 14.2. The molecule has 0 radical (unpaired) electrons. The minimum absolute atomic E-state index is 0.278. The number of aryl methyl sites for hydroxylation is 2. The summed E-state index contributed by atoms with van der Waals surface area (Å²) in [4.78, 5) is 0. The number of aromatic nitrogens is 1. The van der Waals surface area contributed by atoms with Gasteiger partial charge < -0.3 is 4.57 Å². The van der Waals surface area contributed by atoms with Crippen molar-refractivity contribution in [1.82, 2.24) is 4.57 Å². The van der Waals surface area contributed by atoms with E-state index < -0.39 is 0 Å². The average Bonchev–Trinajstić information content (AvgIpc) is 3.03. The molecular weight excluding hydrogens is 341 g/mol. The van der Waals surface area contributed by atoms with Crippen molar-refractivity contribution in [3.05, 3.63) is 52.5 Å². The van der Waals surface area contributed by atoms with E-state index in [9.17, 15) is 4.39 Å². The maximum atomic E-state index is 12.7. The van der Waals surface area contributed by atoms with Gasteiger partial charge in [0.2, 0.25) is 0 Å². The maximum Gasteiger partial charge on any atom is 0.0911 e. The number of hydrogen-bond donors (Lipinski definition) is 0. The van der Waals surface area contributed by atoms with Crippen LogP contribution in [-0.2, 0) is 13.0 Å². The van der Waals surface area contributed by atoms with Gasteiger partial charge in [0.15, 0.2) is 0 Å². The Morgan fingerprint density at radius 3 is 2.77 bits per heavy atom. The molecule has 0 bridgehead atoms. The summed E-state index contributed by atoms with van der Waals surface area (Å²) in [7, 11) is 0. The third kappa shape index (κ3) is 1.95. The monoisotopic (exact) mass is 357 g/mol. The molecule has 4 rings (SSSR count). The van der Waals surface area contributed by atoms with Crippen LogP contribution in [0.2, 0.25) is 0 Å². The Kier molecular flexibility index (Phi) is 3.33. The first-order chi connectivity index (χ1) is 10.7. The molecule has 0 aliphatic heterocycles. The minimum atomic E-state index is -0.278. The average molecular weight is 358 g/mol. The molecule has 1 aliphatic carbocycles. The lowest BCUT2D eigenvalue weighted by Gasteiger charge is -2.07. The highest BCUT2D eigenvalue weighted by molar-refractivity contribution is 9.10. The number of fused-ring (bicyclic) bond motifs is 5. The van der Waals surface area contributed by atoms with Gasteiger partial charge in [-0.1, -0.05) is 28.6 Å². The van der Waals surface area contributed by atoms with E-state index in [2.05, 4.69) is 57.4 Å². The molecule has 0 amide bonds. The van der Waals surface area contributed by atoms with Gasteiger partial charge in [-0.15, -0.1) is 0 Å². The summed E-state index contributed by atoms with van der Waals surface area (Å²) in [6.07, 6.45) is 2.65. The van der Waals surface area contributed by atoms with E-state index in [0.29, 0.717) is 6.42 Å². The van der Waals surface area contributed by atoms with Crippen LogP contribution in [0.3, 0.4) is 0 Å². The number of hydrogen-bond acceptors (Lipinski definition) is 0. The second-order valence-corrected chi connectivity index (χ2v) is 6.86. The summed E-state index contributed by atoms with van der Waals surface area (Å²) in [5, 5.41) is 2.58. The van der Waals surface area contributed by atoms with Crippen LogP contribution in [0.15, 0.2) is 41.4 Å². The predicted octanol–water partition coefficient (Wildman–Crippen LogP) is 5.88. The summed E-state index contributed by atoms with van der Waals surface area (Å²) >= 11 is 3.59. The maximum absolute atomic E-state index is 12.7. The highest BCUT2D eigenvalue weighted by atomic mass is 79.9. The van der Waals surface area contributed by atoms with Crippen LogP contribution in [0.5, 0.6) is 0 Å². The van der Waals surface area contributed by atoms with Gasteiger partial charge in [-0.25, -0.2) is 0 Å². The number of rotatable bonds is 3. The van der Waals surface area contributed by atoms with E-state index in [1.165, 1.54) is 38.5 Å². The smallest absolute Gasteiger partial charge is 0.0911 e. The summed E-state index contributed by atoms with van der Waals surface area (Å²) in [5.74, 6) is 0. The number of alkyl halides is 1. The Morgan fingerprint density at radius 1 is 1.14 bits per heavy atom. The molecule has 1 aliphatic rings. The molecule has 1 aromatic heterocycles. The Balaban J connectivity index is 2.11. The zero-order valence-corrected chi connectivity index (χ0v) is 13.9. The quantitative estimate of drug-likeness (QED) is 0.551. The van der Waals surface area contributed by atoms with Crippen LogP contribution in [0.25, 0.3) is 27.4 Å². The first-order valence-electron chi connectivity index (χ1n) is 7.68. The molecule has 0 fully saturated rings. The zero-order valence-electron chi connectivity index (χ0n) is 12.3. The van der Waals surface area contributed by atoms with Crippen molar-refractivity contribution < 1.29 is 4.39 Å². The van der Waals surface area contributed by atoms with E-state index in [1.807, 2.05) is 0 Å². The summed E-state index contributed by atoms with van der Waals surface area (Å²) < 4.78 is 16.0. The number of benzene rings is 2. The van der Waals surface area contributed by atoms with Crippen molar-refractivity contribution in [2.45, 2.75) is 25.8 Å². The van der Waals surface area contributed by atoms with Gasteiger partial charge in [0.25, 0.3) is 0 Å². The Hall–Kier alpha value is -1.61. The fourth-order valence-electron chi connectivity index (χ4n) is 3.69. The van der Waals surface area contributed by atoms with Crippen LogP contribution in [0.1, 0.15) is 24.0 Å². The Bertz CT molecular complexity index is 907. The standard InChI is InChI=1S/C19H17BrFN/c1-12-3-5-15-14(12)6-8-18-19(15)16-11-13(20)4-7-17(16)22(18)10-2-9-21/h4,6-8,11H,1-3,5,9-10H2. The van der Waals surface area contributed by atoms with E-state index >= 15 is 0 Å². The van der Waals surface area contributed by atoms with Crippen molar-refractivity contribution in [2.24, 2.45) is 0 Å². The van der Waals surface area contributed by atoms with Gasteiger partial charge in [-0.05, 0) is 60.2 Å². The van der Waals surface area contributed by atoms with E-state index in [1.54, 1.807) is 0 Å². The molecule has 0 saturated heterocycles. The molecule has 1 nitrogen and oxygen atoms in total. The SMILES string of the molecule is C=C1CCc2c1ccc1c2c2cc(Br)ccc2n1CCCF. The molecule has 1 heterocycles. The Morgan fingerprint density at radius 2 is 1.95 bits per heavy atom. The van der Waals surface area contributed by atoms with Gasteiger partial charge in [0.1, 0.15) is 0 Å². The molecule has 0 unspecified atom stereocenters. The molecule has 22 heavy (non-hydrogen) atoms. The van der Waals surface area contributed by atoms with Crippen LogP contribution in [-0.4, -0.2) is 11.2 Å². The second-order valence-electron chi connectivity index (χ2n) is 5.95. The van der Waals surface area contributed by atoms with Crippen molar-refractivity contribution in [3.8, 4) is 0 Å². The first kappa shape index (κ1) is 14.0. The van der Waals surface area contributed by atoms with Crippen LogP contribution in [0.4, 0.5) is 4.39 Å². The fraction of sp³-hybridized carbons (Fsp3) is 0.263. The molecule has 0 spiro atoms. The van der Waals surface area contributed by atoms with Crippen LogP contribution < -0.4 is 0 Å². The number of nitrogens with zero attached hydrogens (tertiary/aromatic N) is 1. The van der Waals surface area contributed by atoms with Crippen molar-refractivity contribution in [2.75, 3.05) is 6.67 Å². The predicted molar refractivity (Wildman–Crippen MR) is 95.1 cm³/mol. The van der Waals surface area contributed by atoms with Crippen LogP contribution >= 0.6 is 15.9 Å². The van der Waals surface area contributed by atoms with Gasteiger partial charge in [-0.2, -0.15) is 0 Å². The molecule has 0 saturated carbocycles. The van der Waals surface area contributed by atoms with Gasteiger partial charge in [0, 0.05) is 32.8 Å². The molecule has 3 heteroatoms. The van der Waals surface area contributed by atoms with Crippen molar-refractivity contribution in [1.29, 1.82) is 0 Å². The lowest BCUT2D eigenvalue weighted by molar-refractivity contribution is 0.452. The van der Waals surface area contributed by atoms with Crippen LogP contribution in [0, 0.1) is 0 Å².